The van der Waals surface area contributed by atoms with Gasteiger partial charge in [-0.15, -0.1) is 0 Å². The third-order valence-corrected chi connectivity index (χ3v) is 5.57. The van der Waals surface area contributed by atoms with Crippen LogP contribution in [0.4, 0.5) is 5.69 Å². The number of aryl methyl sites for hydroxylation is 1. The number of sulfonamides is 1. The minimum atomic E-state index is -3.82. The second-order valence-corrected chi connectivity index (χ2v) is 8.17. The molecule has 0 saturated heterocycles. The van der Waals surface area contributed by atoms with E-state index in [9.17, 15) is 13.2 Å². The van der Waals surface area contributed by atoms with E-state index >= 15 is 0 Å². The van der Waals surface area contributed by atoms with Gasteiger partial charge >= 0.3 is 0 Å². The summed E-state index contributed by atoms with van der Waals surface area (Å²) in [5, 5.41) is 3.30. The summed E-state index contributed by atoms with van der Waals surface area (Å²) in [7, 11) is -3.82. The number of nitrogens with zero attached hydrogens (tertiary/aromatic N) is 2. The lowest BCUT2D eigenvalue weighted by Crippen LogP contribution is -2.25. The number of anilines is 1. The van der Waals surface area contributed by atoms with Gasteiger partial charge in [-0.05, 0) is 48.9 Å². The van der Waals surface area contributed by atoms with Gasteiger partial charge in [0.15, 0.2) is 0 Å². The van der Waals surface area contributed by atoms with Crippen LogP contribution in [-0.4, -0.2) is 30.4 Å². The predicted octanol–water partition coefficient (Wildman–Crippen LogP) is 3.16. The molecule has 0 spiro atoms. The van der Waals surface area contributed by atoms with Gasteiger partial charge < -0.3 is 9.88 Å². The van der Waals surface area contributed by atoms with Gasteiger partial charge in [-0.25, -0.2) is 13.4 Å². The molecule has 0 aliphatic carbocycles. The van der Waals surface area contributed by atoms with E-state index in [1.54, 1.807) is 42.9 Å². The fraction of sp³-hybridized carbons (Fsp3) is 0.158. The number of carbonyl (C=O) groups excluding carboxylic acids is 1. The second-order valence-electron chi connectivity index (χ2n) is 6.05. The average molecular weight is 419 g/mol. The lowest BCUT2D eigenvalue weighted by Gasteiger charge is -2.10. The van der Waals surface area contributed by atoms with E-state index in [4.69, 9.17) is 11.6 Å². The van der Waals surface area contributed by atoms with E-state index in [1.807, 2.05) is 10.8 Å². The number of hydrogen-bond donors (Lipinski definition) is 2. The molecule has 0 radical (unpaired) electrons. The first-order chi connectivity index (χ1) is 13.4. The number of hydrogen-bond acceptors (Lipinski definition) is 4. The van der Waals surface area contributed by atoms with Gasteiger partial charge in [0.05, 0.1) is 11.2 Å². The molecule has 0 unspecified atom stereocenters. The third-order valence-electron chi connectivity index (χ3n) is 3.94. The highest BCUT2D eigenvalue weighted by atomic mass is 35.5. The van der Waals surface area contributed by atoms with Crippen molar-refractivity contribution in [3.05, 3.63) is 77.8 Å². The largest absolute Gasteiger partial charge is 0.352 e. The van der Waals surface area contributed by atoms with Crippen LogP contribution in [0, 0.1) is 0 Å². The molecule has 9 heteroatoms. The van der Waals surface area contributed by atoms with Crippen molar-refractivity contribution in [1.29, 1.82) is 0 Å². The van der Waals surface area contributed by atoms with Crippen LogP contribution in [0.15, 0.2) is 72.1 Å². The molecule has 0 bridgehead atoms. The van der Waals surface area contributed by atoms with E-state index in [0.29, 0.717) is 17.3 Å². The number of carbonyl (C=O) groups is 1. The minimum Gasteiger partial charge on any atom is -0.352 e. The van der Waals surface area contributed by atoms with E-state index in [2.05, 4.69) is 15.0 Å². The molecule has 28 heavy (non-hydrogen) atoms. The van der Waals surface area contributed by atoms with Crippen LogP contribution in [0.2, 0.25) is 5.02 Å². The lowest BCUT2D eigenvalue weighted by molar-refractivity contribution is 0.0952. The maximum atomic E-state index is 12.6. The Morgan fingerprint density at radius 1 is 1.14 bits per heavy atom. The summed E-state index contributed by atoms with van der Waals surface area (Å²) in [5.74, 6) is -0.325. The van der Waals surface area contributed by atoms with E-state index < -0.39 is 10.0 Å². The zero-order valence-electron chi connectivity index (χ0n) is 14.9. The predicted molar refractivity (Wildman–Crippen MR) is 108 cm³/mol. The summed E-state index contributed by atoms with van der Waals surface area (Å²) in [5.41, 5.74) is 0.667. The maximum absolute atomic E-state index is 12.6. The molecule has 1 heterocycles. The van der Waals surface area contributed by atoms with Crippen molar-refractivity contribution < 1.29 is 13.2 Å². The summed E-state index contributed by atoms with van der Waals surface area (Å²) in [4.78, 5) is 16.3. The first-order valence-electron chi connectivity index (χ1n) is 8.56. The van der Waals surface area contributed by atoms with Crippen LogP contribution in [0.5, 0.6) is 0 Å². The van der Waals surface area contributed by atoms with Crippen LogP contribution < -0.4 is 10.0 Å². The van der Waals surface area contributed by atoms with E-state index in [-0.39, 0.29) is 16.4 Å². The molecule has 0 aliphatic rings. The second kappa shape index (κ2) is 8.90. The van der Waals surface area contributed by atoms with Crippen molar-refractivity contribution in [2.45, 2.75) is 17.9 Å². The molecule has 3 aromatic rings. The summed E-state index contributed by atoms with van der Waals surface area (Å²) >= 11 is 5.81. The molecule has 0 saturated carbocycles. The Labute approximate surface area is 168 Å². The van der Waals surface area contributed by atoms with Gasteiger partial charge in [0.25, 0.3) is 15.9 Å². The summed E-state index contributed by atoms with van der Waals surface area (Å²) < 4.78 is 29.5. The molecule has 1 amide bonds. The number of rotatable bonds is 8. The Morgan fingerprint density at radius 2 is 1.93 bits per heavy atom. The van der Waals surface area contributed by atoms with Crippen LogP contribution in [0.25, 0.3) is 0 Å². The highest BCUT2D eigenvalue weighted by Gasteiger charge is 2.16. The molecule has 146 valence electrons. The number of nitrogens with one attached hydrogen (secondary N) is 2. The Balaban J connectivity index is 1.61. The van der Waals surface area contributed by atoms with Crippen LogP contribution in [0.1, 0.15) is 16.8 Å². The van der Waals surface area contributed by atoms with Gasteiger partial charge in [0.1, 0.15) is 0 Å². The molecule has 0 fully saturated rings. The first-order valence-corrected chi connectivity index (χ1v) is 10.4. The Hall–Kier alpha value is -2.84. The quantitative estimate of drug-likeness (QED) is 0.549. The maximum Gasteiger partial charge on any atom is 0.261 e. The lowest BCUT2D eigenvalue weighted by atomic mass is 10.2. The van der Waals surface area contributed by atoms with Gasteiger partial charge in [-0.3, -0.25) is 9.52 Å². The van der Waals surface area contributed by atoms with Crippen molar-refractivity contribution in [2.24, 2.45) is 0 Å². The fourth-order valence-corrected chi connectivity index (χ4v) is 3.75. The van der Waals surface area contributed by atoms with Crippen molar-refractivity contribution >= 4 is 33.2 Å². The molecule has 7 nitrogen and oxygen atoms in total. The molecular formula is C19H19ClN4O3S. The SMILES string of the molecule is O=C(NCCCn1ccnc1)c1cccc(S(=O)(=O)Nc2ccc(Cl)cc2)c1. The molecule has 1 aromatic heterocycles. The number of halogens is 1. The number of benzene rings is 2. The van der Waals surface area contributed by atoms with Gasteiger partial charge in [0, 0.05) is 41.8 Å². The average Bonchev–Trinajstić information content (AvgIpc) is 3.20. The molecule has 2 aromatic carbocycles. The zero-order valence-corrected chi connectivity index (χ0v) is 16.4. The number of amides is 1. The summed E-state index contributed by atoms with van der Waals surface area (Å²) in [6.07, 6.45) is 5.99. The Bertz CT molecular complexity index is 1040. The van der Waals surface area contributed by atoms with Crippen molar-refractivity contribution in [2.75, 3.05) is 11.3 Å². The highest BCUT2D eigenvalue weighted by Crippen LogP contribution is 2.19. The molecule has 0 atom stereocenters. The normalized spacial score (nSPS) is 11.2. The van der Waals surface area contributed by atoms with Crippen molar-refractivity contribution in [3.8, 4) is 0 Å². The fourth-order valence-electron chi connectivity index (χ4n) is 2.52. The monoisotopic (exact) mass is 418 g/mol. The van der Waals surface area contributed by atoms with E-state index in [0.717, 1.165) is 13.0 Å². The zero-order chi connectivity index (χ0) is 20.0. The standard InChI is InChI=1S/C19H19ClN4O3S/c20-16-5-7-17(8-6-16)23-28(26,27)18-4-1-3-15(13-18)19(25)22-9-2-11-24-12-10-21-14-24/h1,3-8,10,12-14,23H,2,9,11H2,(H,22,25). The van der Waals surface area contributed by atoms with Gasteiger partial charge in [0.2, 0.25) is 0 Å². The van der Waals surface area contributed by atoms with Crippen molar-refractivity contribution in [1.82, 2.24) is 14.9 Å². The van der Waals surface area contributed by atoms with Gasteiger partial charge in [-0.2, -0.15) is 0 Å². The van der Waals surface area contributed by atoms with Crippen LogP contribution in [-0.2, 0) is 16.6 Å². The smallest absolute Gasteiger partial charge is 0.261 e. The van der Waals surface area contributed by atoms with E-state index in [1.165, 1.54) is 18.2 Å². The third kappa shape index (κ3) is 5.34. The number of imidazole rings is 1. The van der Waals surface area contributed by atoms with Crippen LogP contribution >= 0.6 is 11.6 Å². The molecule has 3 rings (SSSR count). The Kier molecular flexibility index (Phi) is 6.33. The summed E-state index contributed by atoms with van der Waals surface area (Å²) in [6, 6.07) is 12.2. The Morgan fingerprint density at radius 3 is 2.64 bits per heavy atom. The number of aromatic nitrogens is 2. The highest BCUT2D eigenvalue weighted by molar-refractivity contribution is 7.92. The van der Waals surface area contributed by atoms with Crippen LogP contribution in [0.3, 0.4) is 0 Å². The molecular weight excluding hydrogens is 400 g/mol. The topological polar surface area (TPSA) is 93.1 Å². The van der Waals surface area contributed by atoms with Crippen molar-refractivity contribution in [3.63, 3.8) is 0 Å². The minimum absolute atomic E-state index is 0.00788. The summed E-state index contributed by atoms with van der Waals surface area (Å²) in [6.45, 7) is 1.21. The molecule has 2 N–H and O–H groups in total. The van der Waals surface area contributed by atoms with Gasteiger partial charge in [-0.1, -0.05) is 17.7 Å². The molecule has 0 aliphatic heterocycles. The first kappa shape index (κ1) is 19.9.